The monoisotopic (exact) mass is 439 g/mol. The fourth-order valence-electron chi connectivity index (χ4n) is 3.44. The Balaban J connectivity index is 1.46. The molecule has 1 amide bonds. The molecule has 2 aromatic carbocycles. The van der Waals surface area contributed by atoms with Gasteiger partial charge in [0.15, 0.2) is 18.1 Å². The molecule has 1 aromatic heterocycles. The highest BCUT2D eigenvalue weighted by molar-refractivity contribution is 5.99. The average Bonchev–Trinajstić information content (AvgIpc) is 2.92. The number of nitro groups is 1. The number of anilines is 1. The van der Waals surface area contributed by atoms with E-state index >= 15 is 0 Å². The van der Waals surface area contributed by atoms with Gasteiger partial charge in [-0.05, 0) is 37.6 Å². The maximum atomic E-state index is 12.4. The summed E-state index contributed by atoms with van der Waals surface area (Å²) in [5, 5.41) is 14.7. The summed E-state index contributed by atoms with van der Waals surface area (Å²) in [6.45, 7) is 4.04. The molecule has 3 aromatic rings. The lowest BCUT2D eigenvalue weighted by atomic mass is 10.1. The maximum absolute atomic E-state index is 12.4. The van der Waals surface area contributed by atoms with Crippen molar-refractivity contribution in [2.75, 3.05) is 25.1 Å². The lowest BCUT2D eigenvalue weighted by molar-refractivity contribution is -0.384. The average molecular weight is 439 g/mol. The smallest absolute Gasteiger partial charge is 0.338 e. The Morgan fingerprint density at radius 3 is 2.59 bits per heavy atom. The van der Waals surface area contributed by atoms with E-state index < -0.39 is 23.4 Å². The number of hydrogen-bond acceptors (Lipinski definition) is 7. The summed E-state index contributed by atoms with van der Waals surface area (Å²) in [6.07, 6.45) is 0.633. The summed E-state index contributed by atoms with van der Waals surface area (Å²) < 4.78 is 16.1. The summed E-state index contributed by atoms with van der Waals surface area (Å²) in [7, 11) is 0. The quantitative estimate of drug-likeness (QED) is 0.352. The van der Waals surface area contributed by atoms with Crippen LogP contribution in [0.15, 0.2) is 30.3 Å². The summed E-state index contributed by atoms with van der Waals surface area (Å²) in [4.78, 5) is 38.8. The molecule has 1 aliphatic rings. The lowest BCUT2D eigenvalue weighted by Crippen LogP contribution is -2.21. The first-order chi connectivity index (χ1) is 15.3. The third-order valence-corrected chi connectivity index (χ3v) is 5.21. The van der Waals surface area contributed by atoms with Crippen LogP contribution in [0.25, 0.3) is 10.9 Å². The van der Waals surface area contributed by atoms with Crippen molar-refractivity contribution < 1.29 is 28.7 Å². The van der Waals surface area contributed by atoms with Gasteiger partial charge < -0.3 is 24.5 Å². The second-order valence-electron chi connectivity index (χ2n) is 7.38. The fourth-order valence-corrected chi connectivity index (χ4v) is 3.44. The van der Waals surface area contributed by atoms with Crippen LogP contribution in [0, 0.1) is 24.0 Å². The van der Waals surface area contributed by atoms with Crippen LogP contribution in [0.1, 0.15) is 28.0 Å². The number of hydrogen-bond donors (Lipinski definition) is 2. The van der Waals surface area contributed by atoms with E-state index in [1.54, 1.807) is 18.2 Å². The van der Waals surface area contributed by atoms with Crippen molar-refractivity contribution in [1.29, 1.82) is 0 Å². The Morgan fingerprint density at radius 1 is 1.16 bits per heavy atom. The SMILES string of the molecule is Cc1[nH]c2ccc(C(=O)OCC(=O)Nc3cc4c(cc3[N+](=O)[O-])OCCCO4)cc2c1C. The molecule has 10 nitrogen and oxygen atoms in total. The number of H-pyrrole nitrogens is 1. The van der Waals surface area contributed by atoms with E-state index in [2.05, 4.69) is 10.3 Å². The number of aromatic nitrogens is 1. The number of benzene rings is 2. The number of carbonyl (C=O) groups excluding carboxylic acids is 2. The minimum Gasteiger partial charge on any atom is -0.489 e. The normalized spacial score (nSPS) is 12.8. The molecule has 32 heavy (non-hydrogen) atoms. The van der Waals surface area contributed by atoms with E-state index in [4.69, 9.17) is 14.2 Å². The van der Waals surface area contributed by atoms with Crippen molar-refractivity contribution >= 4 is 34.2 Å². The molecule has 0 atom stereocenters. The standard InChI is InChI=1S/C22H21N3O7/c1-12-13(2)23-16-5-4-14(8-15(12)16)22(27)32-11-21(26)24-17-9-19-20(10-18(17)25(28)29)31-7-3-6-30-19/h4-5,8-10,23H,3,6-7,11H2,1-2H3,(H,24,26). The summed E-state index contributed by atoms with van der Waals surface area (Å²) in [5.74, 6) is -0.852. The number of rotatable bonds is 5. The van der Waals surface area contributed by atoms with Gasteiger partial charge in [0.2, 0.25) is 0 Å². The van der Waals surface area contributed by atoms with Gasteiger partial charge in [0.05, 0.1) is 29.8 Å². The first-order valence-corrected chi connectivity index (χ1v) is 9.97. The number of esters is 1. The fraction of sp³-hybridized carbons (Fsp3) is 0.273. The third kappa shape index (κ3) is 4.20. The second kappa shape index (κ2) is 8.58. The number of carbonyl (C=O) groups is 2. The van der Waals surface area contributed by atoms with Gasteiger partial charge in [-0.15, -0.1) is 0 Å². The van der Waals surface area contributed by atoms with Crippen LogP contribution < -0.4 is 14.8 Å². The zero-order valence-corrected chi connectivity index (χ0v) is 17.5. The van der Waals surface area contributed by atoms with Gasteiger partial charge in [-0.2, -0.15) is 0 Å². The molecule has 0 saturated heterocycles. The van der Waals surface area contributed by atoms with Crippen LogP contribution in [-0.2, 0) is 9.53 Å². The highest BCUT2D eigenvalue weighted by atomic mass is 16.6. The third-order valence-electron chi connectivity index (χ3n) is 5.21. The molecule has 0 aliphatic carbocycles. The topological polar surface area (TPSA) is 133 Å². The summed E-state index contributed by atoms with van der Waals surface area (Å²) >= 11 is 0. The Kier molecular flexibility index (Phi) is 5.67. The van der Waals surface area contributed by atoms with Gasteiger partial charge in [0.1, 0.15) is 5.69 Å². The van der Waals surface area contributed by atoms with E-state index in [-0.39, 0.29) is 17.1 Å². The number of nitrogens with zero attached hydrogens (tertiary/aromatic N) is 1. The zero-order chi connectivity index (χ0) is 22.8. The molecule has 166 valence electrons. The largest absolute Gasteiger partial charge is 0.489 e. The van der Waals surface area contributed by atoms with Crippen LogP contribution >= 0.6 is 0 Å². The minimum atomic E-state index is -0.717. The molecule has 2 N–H and O–H groups in total. The van der Waals surface area contributed by atoms with Crippen molar-refractivity contribution in [1.82, 2.24) is 4.98 Å². The van der Waals surface area contributed by atoms with E-state index in [0.29, 0.717) is 30.9 Å². The van der Waals surface area contributed by atoms with E-state index in [1.807, 2.05) is 13.8 Å². The predicted octanol–water partition coefficient (Wildman–Crippen LogP) is 3.65. The molecule has 0 unspecified atom stereocenters. The van der Waals surface area contributed by atoms with Crippen LogP contribution in [0.3, 0.4) is 0 Å². The predicted molar refractivity (Wildman–Crippen MR) is 115 cm³/mol. The number of aromatic amines is 1. The van der Waals surface area contributed by atoms with Crippen LogP contribution in [0.2, 0.25) is 0 Å². The highest BCUT2D eigenvalue weighted by Crippen LogP contribution is 2.39. The van der Waals surface area contributed by atoms with Crippen molar-refractivity contribution in [3.8, 4) is 11.5 Å². The zero-order valence-electron chi connectivity index (χ0n) is 17.5. The molecule has 0 radical (unpaired) electrons. The lowest BCUT2D eigenvalue weighted by Gasteiger charge is -2.11. The van der Waals surface area contributed by atoms with E-state index in [9.17, 15) is 19.7 Å². The number of amides is 1. The van der Waals surface area contributed by atoms with E-state index in [0.717, 1.165) is 22.2 Å². The van der Waals surface area contributed by atoms with Crippen LogP contribution in [0.5, 0.6) is 11.5 Å². The van der Waals surface area contributed by atoms with E-state index in [1.165, 1.54) is 12.1 Å². The summed E-state index contributed by atoms with van der Waals surface area (Å²) in [5.41, 5.74) is 2.80. The van der Waals surface area contributed by atoms with Crippen molar-refractivity contribution in [3.63, 3.8) is 0 Å². The number of fused-ring (bicyclic) bond motifs is 2. The van der Waals surface area contributed by atoms with Crippen molar-refractivity contribution in [3.05, 3.63) is 57.3 Å². The first kappa shape index (κ1) is 21.2. The number of nitro benzene ring substituents is 1. The Bertz CT molecular complexity index is 1230. The molecule has 10 heteroatoms. The maximum Gasteiger partial charge on any atom is 0.338 e. The van der Waals surface area contributed by atoms with Gasteiger partial charge >= 0.3 is 5.97 Å². The second-order valence-corrected chi connectivity index (χ2v) is 7.38. The molecule has 4 rings (SSSR count). The van der Waals surface area contributed by atoms with Gasteiger partial charge in [-0.1, -0.05) is 0 Å². The molecular formula is C22H21N3O7. The number of aryl methyl sites for hydroxylation is 2. The van der Waals surface area contributed by atoms with Crippen LogP contribution in [-0.4, -0.2) is 41.6 Å². The Hall–Kier alpha value is -4.08. The molecule has 0 spiro atoms. The van der Waals surface area contributed by atoms with Gasteiger partial charge in [0, 0.05) is 29.1 Å². The Labute approximate surface area is 182 Å². The van der Waals surface area contributed by atoms with Gasteiger partial charge in [-0.25, -0.2) is 4.79 Å². The highest BCUT2D eigenvalue weighted by Gasteiger charge is 2.23. The molecular weight excluding hydrogens is 418 g/mol. The molecule has 0 saturated carbocycles. The minimum absolute atomic E-state index is 0.0693. The van der Waals surface area contributed by atoms with Gasteiger partial charge in [0.25, 0.3) is 11.6 Å². The Morgan fingerprint density at radius 2 is 1.88 bits per heavy atom. The molecule has 2 heterocycles. The van der Waals surface area contributed by atoms with Crippen molar-refractivity contribution in [2.24, 2.45) is 0 Å². The number of nitrogens with one attached hydrogen (secondary N) is 2. The number of ether oxygens (including phenoxy) is 3. The molecule has 0 fully saturated rings. The van der Waals surface area contributed by atoms with Crippen molar-refractivity contribution in [2.45, 2.75) is 20.3 Å². The van der Waals surface area contributed by atoms with Gasteiger partial charge in [-0.3, -0.25) is 14.9 Å². The summed E-state index contributed by atoms with van der Waals surface area (Å²) in [6, 6.07) is 7.62. The molecule has 1 aliphatic heterocycles. The first-order valence-electron chi connectivity index (χ1n) is 9.97. The molecule has 0 bridgehead atoms. The van der Waals surface area contributed by atoms with Crippen LogP contribution in [0.4, 0.5) is 11.4 Å².